The summed E-state index contributed by atoms with van der Waals surface area (Å²) in [4.78, 5) is 0. The molecule has 0 saturated heterocycles. The van der Waals surface area contributed by atoms with E-state index in [1.807, 2.05) is 19.9 Å². The van der Waals surface area contributed by atoms with Crippen molar-refractivity contribution in [1.29, 1.82) is 5.26 Å². The van der Waals surface area contributed by atoms with E-state index in [-0.39, 0.29) is 23.2 Å². The molecule has 1 aromatic rings. The predicted molar refractivity (Wildman–Crippen MR) is 76.2 cm³/mol. The molecule has 110 valence electrons. The van der Waals surface area contributed by atoms with Gasteiger partial charge in [0.25, 0.3) is 0 Å². The summed E-state index contributed by atoms with van der Waals surface area (Å²) in [6.07, 6.45) is 0.758. The molecule has 6 heteroatoms. The quantitative estimate of drug-likeness (QED) is 0.723. The van der Waals surface area contributed by atoms with E-state index in [2.05, 4.69) is 0 Å². The molecule has 0 aromatic heterocycles. The van der Waals surface area contributed by atoms with Crippen LogP contribution >= 0.6 is 0 Å². The average Bonchev–Trinajstić information content (AvgIpc) is 2.40. The summed E-state index contributed by atoms with van der Waals surface area (Å²) >= 11 is 0. The van der Waals surface area contributed by atoms with Crippen LogP contribution in [-0.2, 0) is 10.1 Å². The van der Waals surface area contributed by atoms with Crippen LogP contribution in [0.5, 0.6) is 11.5 Å². The van der Waals surface area contributed by atoms with Crippen molar-refractivity contribution in [2.24, 2.45) is 5.92 Å². The van der Waals surface area contributed by atoms with Gasteiger partial charge in [0.2, 0.25) is 0 Å². The lowest BCUT2D eigenvalue weighted by molar-refractivity contribution is 0.327. The second-order valence-corrected chi connectivity index (χ2v) is 6.14. The highest BCUT2D eigenvalue weighted by Gasteiger charge is 2.19. The Kier molecular flexibility index (Phi) is 5.83. The third kappa shape index (κ3) is 4.74. The first-order chi connectivity index (χ1) is 9.41. The van der Waals surface area contributed by atoms with Gasteiger partial charge in [0.05, 0.1) is 24.0 Å². The molecule has 0 heterocycles. The summed E-state index contributed by atoms with van der Waals surface area (Å²) in [6, 6.07) is 6.38. The summed E-state index contributed by atoms with van der Waals surface area (Å²) in [6.45, 7) is 5.91. The molecule has 5 nitrogen and oxygen atoms in total. The largest absolute Gasteiger partial charge is 0.490 e. The van der Waals surface area contributed by atoms with Gasteiger partial charge in [-0.15, -0.1) is 0 Å². The second-order valence-electron chi connectivity index (χ2n) is 4.53. The predicted octanol–water partition coefficient (Wildman–Crippen LogP) is 2.71. The SMILES string of the molecule is CCOc1cc(C#N)ccc1OS(=O)(=O)C[C@@H](C)CC. The third-order valence-corrected chi connectivity index (χ3v) is 4.19. The van der Waals surface area contributed by atoms with Crippen molar-refractivity contribution in [3.05, 3.63) is 23.8 Å². The van der Waals surface area contributed by atoms with Crippen molar-refractivity contribution in [3.8, 4) is 17.6 Å². The van der Waals surface area contributed by atoms with Gasteiger partial charge in [0.15, 0.2) is 11.5 Å². The van der Waals surface area contributed by atoms with Crippen molar-refractivity contribution < 1.29 is 17.3 Å². The van der Waals surface area contributed by atoms with Crippen LogP contribution < -0.4 is 8.92 Å². The van der Waals surface area contributed by atoms with Gasteiger partial charge >= 0.3 is 10.1 Å². The van der Waals surface area contributed by atoms with Crippen LogP contribution in [-0.4, -0.2) is 20.8 Å². The van der Waals surface area contributed by atoms with E-state index < -0.39 is 10.1 Å². The Labute approximate surface area is 120 Å². The molecule has 0 aliphatic heterocycles. The molecule has 0 aliphatic rings. The first-order valence-electron chi connectivity index (χ1n) is 6.51. The smallest absolute Gasteiger partial charge is 0.309 e. The molecule has 0 fully saturated rings. The Morgan fingerprint density at radius 2 is 2.00 bits per heavy atom. The zero-order chi connectivity index (χ0) is 15.2. The van der Waals surface area contributed by atoms with Crippen LogP contribution in [0.25, 0.3) is 0 Å². The third-order valence-electron chi connectivity index (χ3n) is 2.77. The van der Waals surface area contributed by atoms with Gasteiger partial charge in [0.1, 0.15) is 0 Å². The topological polar surface area (TPSA) is 76.4 Å². The minimum atomic E-state index is -3.67. The summed E-state index contributed by atoms with van der Waals surface area (Å²) in [7, 11) is -3.67. The molecule has 1 rings (SSSR count). The molecule has 0 bridgehead atoms. The van der Waals surface area contributed by atoms with Crippen molar-refractivity contribution >= 4 is 10.1 Å². The number of rotatable bonds is 7. The molecule has 1 atom stereocenters. The normalized spacial score (nSPS) is 12.5. The maximum Gasteiger partial charge on any atom is 0.309 e. The molecule has 0 saturated carbocycles. The lowest BCUT2D eigenvalue weighted by atomic mass is 10.2. The fourth-order valence-corrected chi connectivity index (χ4v) is 2.96. The molecule has 0 radical (unpaired) electrons. The lowest BCUT2D eigenvalue weighted by Crippen LogP contribution is -2.19. The van der Waals surface area contributed by atoms with E-state index in [4.69, 9.17) is 14.2 Å². The maximum absolute atomic E-state index is 11.9. The number of nitriles is 1. The van der Waals surface area contributed by atoms with Crippen LogP contribution in [0.4, 0.5) is 0 Å². The number of hydrogen-bond acceptors (Lipinski definition) is 5. The summed E-state index contributed by atoms with van der Waals surface area (Å²) in [5.74, 6) is 0.358. The van der Waals surface area contributed by atoms with Gasteiger partial charge in [-0.25, -0.2) is 0 Å². The van der Waals surface area contributed by atoms with Gasteiger partial charge in [-0.05, 0) is 25.0 Å². The average molecular weight is 297 g/mol. The highest BCUT2D eigenvalue weighted by atomic mass is 32.2. The molecule has 0 unspecified atom stereocenters. The standard InChI is InChI=1S/C14H19NO4S/c1-4-11(3)10-20(16,17)19-13-7-6-12(9-15)8-14(13)18-5-2/h6-8,11H,4-5,10H2,1-3H3/t11-/m0/s1. The molecule has 0 spiro atoms. The van der Waals surface area contributed by atoms with Gasteiger partial charge in [-0.3, -0.25) is 0 Å². The maximum atomic E-state index is 11.9. The Morgan fingerprint density at radius 3 is 2.55 bits per heavy atom. The van der Waals surface area contributed by atoms with Crippen LogP contribution in [0.15, 0.2) is 18.2 Å². The van der Waals surface area contributed by atoms with E-state index in [0.717, 1.165) is 6.42 Å². The first kappa shape index (κ1) is 16.3. The highest BCUT2D eigenvalue weighted by Crippen LogP contribution is 2.30. The molecule has 0 amide bonds. The number of benzene rings is 1. The zero-order valence-electron chi connectivity index (χ0n) is 11.9. The van der Waals surface area contributed by atoms with Crippen molar-refractivity contribution in [2.45, 2.75) is 27.2 Å². The summed E-state index contributed by atoms with van der Waals surface area (Å²) in [5, 5.41) is 8.84. The van der Waals surface area contributed by atoms with E-state index in [9.17, 15) is 8.42 Å². The highest BCUT2D eigenvalue weighted by molar-refractivity contribution is 7.87. The van der Waals surface area contributed by atoms with Gasteiger partial charge in [0, 0.05) is 6.07 Å². The van der Waals surface area contributed by atoms with Crippen molar-refractivity contribution in [3.63, 3.8) is 0 Å². The van der Waals surface area contributed by atoms with Gasteiger partial charge < -0.3 is 8.92 Å². The molecular weight excluding hydrogens is 278 g/mol. The monoisotopic (exact) mass is 297 g/mol. The molecule has 0 aliphatic carbocycles. The van der Waals surface area contributed by atoms with E-state index in [1.54, 1.807) is 6.92 Å². The van der Waals surface area contributed by atoms with E-state index in [0.29, 0.717) is 12.2 Å². The van der Waals surface area contributed by atoms with E-state index in [1.165, 1.54) is 18.2 Å². The van der Waals surface area contributed by atoms with Crippen LogP contribution in [0.2, 0.25) is 0 Å². The van der Waals surface area contributed by atoms with Crippen LogP contribution in [0.3, 0.4) is 0 Å². The molecule has 1 aromatic carbocycles. The number of hydrogen-bond donors (Lipinski definition) is 0. The number of nitrogens with zero attached hydrogens (tertiary/aromatic N) is 1. The Bertz CT molecular complexity index is 590. The fourth-order valence-electron chi connectivity index (χ4n) is 1.55. The van der Waals surface area contributed by atoms with Crippen molar-refractivity contribution in [2.75, 3.05) is 12.4 Å². The van der Waals surface area contributed by atoms with Gasteiger partial charge in [-0.1, -0.05) is 20.3 Å². The fraction of sp³-hybridized carbons (Fsp3) is 0.500. The summed E-state index contributed by atoms with van der Waals surface area (Å²) in [5.41, 5.74) is 0.389. The van der Waals surface area contributed by atoms with Gasteiger partial charge in [-0.2, -0.15) is 13.7 Å². The van der Waals surface area contributed by atoms with Crippen molar-refractivity contribution in [1.82, 2.24) is 0 Å². The molecule has 0 N–H and O–H groups in total. The second kappa shape index (κ2) is 7.15. The summed E-state index contributed by atoms with van der Waals surface area (Å²) < 4.78 is 34.3. The number of ether oxygens (including phenoxy) is 1. The minimum absolute atomic E-state index is 0.0222. The zero-order valence-corrected chi connectivity index (χ0v) is 12.7. The molecular formula is C14H19NO4S. The van der Waals surface area contributed by atoms with E-state index >= 15 is 0 Å². The molecule has 20 heavy (non-hydrogen) atoms. The Hall–Kier alpha value is -1.74. The lowest BCUT2D eigenvalue weighted by Gasteiger charge is -2.13. The Balaban J connectivity index is 2.99. The minimum Gasteiger partial charge on any atom is -0.490 e. The Morgan fingerprint density at radius 1 is 1.30 bits per heavy atom. The first-order valence-corrected chi connectivity index (χ1v) is 8.08. The van der Waals surface area contributed by atoms with Crippen LogP contribution in [0.1, 0.15) is 32.8 Å². The van der Waals surface area contributed by atoms with Crippen LogP contribution in [0, 0.1) is 17.2 Å².